The van der Waals surface area contributed by atoms with Crippen molar-refractivity contribution in [2.45, 2.75) is 6.42 Å². The van der Waals surface area contributed by atoms with Crippen LogP contribution >= 0.6 is 39.1 Å². The van der Waals surface area contributed by atoms with Crippen LogP contribution in [0.3, 0.4) is 0 Å². The third-order valence-corrected chi connectivity index (χ3v) is 4.34. The van der Waals surface area contributed by atoms with E-state index in [9.17, 15) is 9.59 Å². The third kappa shape index (κ3) is 6.01. The van der Waals surface area contributed by atoms with Gasteiger partial charge in [-0.15, -0.1) is 0 Å². The highest BCUT2D eigenvalue weighted by molar-refractivity contribution is 9.10. The van der Waals surface area contributed by atoms with Gasteiger partial charge in [0.25, 0.3) is 0 Å². The summed E-state index contributed by atoms with van der Waals surface area (Å²) in [6, 6.07) is 10.00. The summed E-state index contributed by atoms with van der Waals surface area (Å²) >= 11 is 15.0. The molecule has 2 aromatic rings. The second-order valence-corrected chi connectivity index (χ2v) is 6.76. The molecule has 0 aliphatic rings. The Morgan fingerprint density at radius 2 is 1.92 bits per heavy atom. The number of carbonyl (C=O) groups excluding carboxylic acids is 2. The average Bonchev–Trinajstić information content (AvgIpc) is 2.58. The number of ether oxygens (including phenoxy) is 1. The Labute approximate surface area is 168 Å². The van der Waals surface area contributed by atoms with E-state index in [-0.39, 0.29) is 0 Å². The van der Waals surface area contributed by atoms with Gasteiger partial charge in [-0.05, 0) is 36.4 Å². The van der Waals surface area contributed by atoms with Crippen LogP contribution in [-0.4, -0.2) is 25.1 Å². The van der Waals surface area contributed by atoms with Gasteiger partial charge in [-0.25, -0.2) is 5.43 Å². The first-order chi connectivity index (χ1) is 12.4. The Hall–Kier alpha value is -2.09. The van der Waals surface area contributed by atoms with Gasteiger partial charge < -0.3 is 10.1 Å². The van der Waals surface area contributed by atoms with E-state index >= 15 is 0 Å². The molecule has 0 spiro atoms. The van der Waals surface area contributed by atoms with Gasteiger partial charge in [-0.2, -0.15) is 5.10 Å². The smallest absolute Gasteiger partial charge is 0.249 e. The molecule has 0 saturated carbocycles. The van der Waals surface area contributed by atoms with Gasteiger partial charge in [0, 0.05) is 15.7 Å². The molecule has 0 fully saturated rings. The molecule has 9 heteroatoms. The molecule has 2 N–H and O–H groups in total. The van der Waals surface area contributed by atoms with Crippen molar-refractivity contribution in [3.05, 3.63) is 56.5 Å². The SMILES string of the molecule is COc1ccc(Br)cc1/C=N\NC(=O)CC(=O)Nc1ccc(Cl)c(Cl)c1. The molecule has 0 unspecified atom stereocenters. The van der Waals surface area contributed by atoms with Crippen LogP contribution in [0.25, 0.3) is 0 Å². The number of halogens is 3. The van der Waals surface area contributed by atoms with E-state index < -0.39 is 18.2 Å². The zero-order valence-corrected chi connectivity index (χ0v) is 16.7. The summed E-state index contributed by atoms with van der Waals surface area (Å²) in [7, 11) is 1.53. The lowest BCUT2D eigenvalue weighted by atomic mass is 10.2. The summed E-state index contributed by atoms with van der Waals surface area (Å²) in [5, 5.41) is 7.07. The molecule has 0 aliphatic heterocycles. The highest BCUT2D eigenvalue weighted by Gasteiger charge is 2.10. The topological polar surface area (TPSA) is 79.8 Å². The molecular formula is C17H14BrCl2N3O3. The van der Waals surface area contributed by atoms with Gasteiger partial charge in [0.2, 0.25) is 11.8 Å². The standard InChI is InChI=1S/C17H14BrCl2N3O3/c1-26-15-5-2-11(18)6-10(15)9-21-23-17(25)8-16(24)22-12-3-4-13(19)14(20)7-12/h2-7,9H,8H2,1H3,(H,22,24)(H,23,25)/b21-9-. The molecular weight excluding hydrogens is 445 g/mol. The van der Waals surface area contributed by atoms with E-state index in [1.807, 2.05) is 6.07 Å². The number of hydrogen-bond donors (Lipinski definition) is 2. The summed E-state index contributed by atoms with van der Waals surface area (Å²) in [4.78, 5) is 23.7. The number of carbonyl (C=O) groups is 2. The minimum atomic E-state index is -0.562. The quantitative estimate of drug-likeness (QED) is 0.386. The van der Waals surface area contributed by atoms with Crippen LogP contribution in [0.15, 0.2) is 46.0 Å². The lowest BCUT2D eigenvalue weighted by Gasteiger charge is -2.06. The van der Waals surface area contributed by atoms with E-state index in [1.54, 1.807) is 24.3 Å². The van der Waals surface area contributed by atoms with Crippen molar-refractivity contribution in [3.8, 4) is 5.75 Å². The second kappa shape index (κ2) is 9.56. The number of methoxy groups -OCH3 is 1. The molecule has 0 aliphatic carbocycles. The Morgan fingerprint density at radius 1 is 1.15 bits per heavy atom. The minimum Gasteiger partial charge on any atom is -0.496 e. The molecule has 0 heterocycles. The minimum absolute atomic E-state index is 0.307. The predicted molar refractivity (Wildman–Crippen MR) is 106 cm³/mol. The molecule has 0 bridgehead atoms. The first-order valence-corrected chi connectivity index (χ1v) is 8.84. The van der Waals surface area contributed by atoms with Crippen molar-refractivity contribution in [3.63, 3.8) is 0 Å². The number of hydrazone groups is 1. The van der Waals surface area contributed by atoms with Crippen molar-refractivity contribution in [1.29, 1.82) is 0 Å². The van der Waals surface area contributed by atoms with Crippen LogP contribution in [0.4, 0.5) is 5.69 Å². The maximum atomic E-state index is 11.9. The summed E-state index contributed by atoms with van der Waals surface area (Å²) < 4.78 is 6.04. The first-order valence-electron chi connectivity index (χ1n) is 7.29. The summed E-state index contributed by atoms with van der Waals surface area (Å²) in [5.41, 5.74) is 3.40. The van der Waals surface area contributed by atoms with Crippen molar-refractivity contribution >= 4 is 62.8 Å². The molecule has 2 aromatic carbocycles. The van der Waals surface area contributed by atoms with Gasteiger partial charge >= 0.3 is 0 Å². The summed E-state index contributed by atoms with van der Waals surface area (Å²) in [5.74, 6) is -0.465. The van der Waals surface area contributed by atoms with E-state index in [0.29, 0.717) is 27.0 Å². The van der Waals surface area contributed by atoms with Crippen molar-refractivity contribution in [2.75, 3.05) is 12.4 Å². The van der Waals surface area contributed by atoms with Crippen LogP contribution in [0.5, 0.6) is 5.75 Å². The Morgan fingerprint density at radius 3 is 2.62 bits per heavy atom. The summed E-state index contributed by atoms with van der Waals surface area (Å²) in [6.07, 6.45) is 1.03. The van der Waals surface area contributed by atoms with Crippen LogP contribution < -0.4 is 15.5 Å². The maximum absolute atomic E-state index is 11.9. The molecule has 0 saturated heterocycles. The number of amides is 2. The molecule has 6 nitrogen and oxygen atoms in total. The van der Waals surface area contributed by atoms with Crippen LogP contribution in [-0.2, 0) is 9.59 Å². The van der Waals surface area contributed by atoms with Crippen molar-refractivity contribution in [2.24, 2.45) is 5.10 Å². The Bertz CT molecular complexity index is 859. The normalized spacial score (nSPS) is 10.6. The molecule has 2 rings (SSSR count). The van der Waals surface area contributed by atoms with Crippen LogP contribution in [0.2, 0.25) is 10.0 Å². The van der Waals surface area contributed by atoms with Crippen molar-refractivity contribution < 1.29 is 14.3 Å². The largest absolute Gasteiger partial charge is 0.496 e. The van der Waals surface area contributed by atoms with Crippen LogP contribution in [0.1, 0.15) is 12.0 Å². The fraction of sp³-hybridized carbons (Fsp3) is 0.118. The molecule has 136 valence electrons. The Balaban J connectivity index is 1.89. The predicted octanol–water partition coefficient (Wildman–Crippen LogP) is 4.24. The van der Waals surface area contributed by atoms with E-state index in [1.165, 1.54) is 19.4 Å². The highest BCUT2D eigenvalue weighted by Crippen LogP contribution is 2.25. The average molecular weight is 459 g/mol. The monoisotopic (exact) mass is 457 g/mol. The highest BCUT2D eigenvalue weighted by atomic mass is 79.9. The first kappa shape index (κ1) is 20.2. The molecule has 0 aromatic heterocycles. The van der Waals surface area contributed by atoms with Crippen molar-refractivity contribution in [1.82, 2.24) is 5.43 Å². The number of benzene rings is 2. The number of anilines is 1. The number of nitrogens with zero attached hydrogens (tertiary/aromatic N) is 1. The number of hydrogen-bond acceptors (Lipinski definition) is 4. The molecule has 2 amide bonds. The zero-order valence-electron chi connectivity index (χ0n) is 13.6. The van der Waals surface area contributed by atoms with Gasteiger partial charge in [-0.1, -0.05) is 39.1 Å². The van der Waals surface area contributed by atoms with Gasteiger partial charge in [0.15, 0.2) is 0 Å². The fourth-order valence-corrected chi connectivity index (χ4v) is 2.62. The molecule has 26 heavy (non-hydrogen) atoms. The lowest BCUT2D eigenvalue weighted by molar-refractivity contribution is -0.126. The lowest BCUT2D eigenvalue weighted by Crippen LogP contribution is -2.24. The fourth-order valence-electron chi connectivity index (χ4n) is 1.94. The van der Waals surface area contributed by atoms with Gasteiger partial charge in [-0.3, -0.25) is 9.59 Å². The van der Waals surface area contributed by atoms with E-state index in [4.69, 9.17) is 27.9 Å². The number of nitrogens with one attached hydrogen (secondary N) is 2. The zero-order chi connectivity index (χ0) is 19.1. The second-order valence-electron chi connectivity index (χ2n) is 5.03. The van der Waals surface area contributed by atoms with E-state index in [0.717, 1.165) is 4.47 Å². The number of rotatable bonds is 6. The van der Waals surface area contributed by atoms with Crippen LogP contribution in [0, 0.1) is 0 Å². The third-order valence-electron chi connectivity index (χ3n) is 3.11. The molecule has 0 atom stereocenters. The summed E-state index contributed by atoms with van der Waals surface area (Å²) in [6.45, 7) is 0. The van der Waals surface area contributed by atoms with E-state index in [2.05, 4.69) is 31.8 Å². The Kier molecular flexibility index (Phi) is 7.44. The maximum Gasteiger partial charge on any atom is 0.249 e. The van der Waals surface area contributed by atoms with Gasteiger partial charge in [0.1, 0.15) is 12.2 Å². The molecule has 0 radical (unpaired) electrons. The van der Waals surface area contributed by atoms with Gasteiger partial charge in [0.05, 0.1) is 23.4 Å².